The van der Waals surface area contributed by atoms with E-state index in [9.17, 15) is 0 Å². The largest absolute Gasteiger partial charge is 0.485 e. The Balaban J connectivity index is 2.24. The third-order valence-electron chi connectivity index (χ3n) is 1.86. The summed E-state index contributed by atoms with van der Waals surface area (Å²) in [5.41, 5.74) is 5.30. The van der Waals surface area contributed by atoms with E-state index in [0.29, 0.717) is 18.1 Å². The number of amidine groups is 1. The van der Waals surface area contributed by atoms with E-state index in [0.717, 1.165) is 0 Å². The van der Waals surface area contributed by atoms with Crippen LogP contribution in [0.25, 0.3) is 0 Å². The van der Waals surface area contributed by atoms with Crippen molar-refractivity contribution < 1.29 is 9.47 Å². The van der Waals surface area contributed by atoms with Crippen LogP contribution in [0.3, 0.4) is 0 Å². The summed E-state index contributed by atoms with van der Waals surface area (Å²) in [6.07, 6.45) is -0.449. The molecule has 0 radical (unpaired) electrons. The van der Waals surface area contributed by atoms with Crippen molar-refractivity contribution in [2.75, 3.05) is 6.61 Å². The number of benzene rings is 1. The summed E-state index contributed by atoms with van der Waals surface area (Å²) >= 11 is 0. The van der Waals surface area contributed by atoms with Crippen LogP contribution in [0.5, 0.6) is 11.5 Å². The third kappa shape index (κ3) is 1.42. The van der Waals surface area contributed by atoms with Gasteiger partial charge in [0.2, 0.25) is 0 Å². The number of rotatable bonds is 1. The van der Waals surface area contributed by atoms with Crippen molar-refractivity contribution in [3.8, 4) is 11.5 Å². The molecule has 1 atom stereocenters. The highest BCUT2D eigenvalue weighted by atomic mass is 16.6. The normalized spacial score (nSPS) is 19.5. The zero-order chi connectivity index (χ0) is 9.26. The minimum atomic E-state index is -0.449. The standard InChI is InChI=1S/C9H10N2O2/c10-9(11)8-5-12-6-3-1-2-4-7(6)13-8/h1-4,8H,5H2,(H3,10,11). The first kappa shape index (κ1) is 7.91. The first-order valence-corrected chi connectivity index (χ1v) is 4.00. The Morgan fingerprint density at radius 3 is 2.77 bits per heavy atom. The molecule has 2 rings (SSSR count). The number of nitrogens with one attached hydrogen (secondary N) is 1. The van der Waals surface area contributed by atoms with Gasteiger partial charge in [-0.15, -0.1) is 0 Å². The Labute approximate surface area is 75.8 Å². The first-order valence-electron chi connectivity index (χ1n) is 4.00. The predicted molar refractivity (Wildman–Crippen MR) is 48.3 cm³/mol. The molecule has 0 spiro atoms. The number of nitrogens with two attached hydrogens (primary N) is 1. The Morgan fingerprint density at radius 1 is 1.38 bits per heavy atom. The van der Waals surface area contributed by atoms with Crippen molar-refractivity contribution >= 4 is 5.84 Å². The molecule has 1 unspecified atom stereocenters. The van der Waals surface area contributed by atoms with E-state index < -0.39 is 6.10 Å². The molecular weight excluding hydrogens is 168 g/mol. The monoisotopic (exact) mass is 178 g/mol. The smallest absolute Gasteiger partial charge is 0.189 e. The van der Waals surface area contributed by atoms with Crippen LogP contribution in [0.15, 0.2) is 24.3 Å². The van der Waals surface area contributed by atoms with Gasteiger partial charge in [0.15, 0.2) is 17.6 Å². The molecule has 0 amide bonds. The van der Waals surface area contributed by atoms with Gasteiger partial charge in [0, 0.05) is 0 Å². The minimum absolute atomic E-state index is 0.00509. The van der Waals surface area contributed by atoms with Gasteiger partial charge in [-0.3, -0.25) is 5.41 Å². The SMILES string of the molecule is N=C(N)C1COc2ccccc2O1. The molecule has 0 fully saturated rings. The van der Waals surface area contributed by atoms with Crippen LogP contribution in [0.4, 0.5) is 0 Å². The third-order valence-corrected chi connectivity index (χ3v) is 1.86. The average molecular weight is 178 g/mol. The second-order valence-electron chi connectivity index (χ2n) is 2.82. The summed E-state index contributed by atoms with van der Waals surface area (Å²) in [4.78, 5) is 0. The number of hydrogen-bond donors (Lipinski definition) is 2. The Hall–Kier alpha value is -1.71. The van der Waals surface area contributed by atoms with Crippen LogP contribution < -0.4 is 15.2 Å². The molecule has 4 nitrogen and oxygen atoms in total. The van der Waals surface area contributed by atoms with E-state index in [-0.39, 0.29) is 5.84 Å². The van der Waals surface area contributed by atoms with Gasteiger partial charge in [0.05, 0.1) is 0 Å². The summed E-state index contributed by atoms with van der Waals surface area (Å²) in [5, 5.41) is 7.20. The molecule has 1 heterocycles. The van der Waals surface area contributed by atoms with Gasteiger partial charge in [-0.25, -0.2) is 0 Å². The topological polar surface area (TPSA) is 68.3 Å². The van der Waals surface area contributed by atoms with Gasteiger partial charge in [-0.1, -0.05) is 12.1 Å². The highest BCUT2D eigenvalue weighted by Gasteiger charge is 2.22. The van der Waals surface area contributed by atoms with Gasteiger partial charge >= 0.3 is 0 Å². The van der Waals surface area contributed by atoms with Crippen LogP contribution in [0, 0.1) is 5.41 Å². The van der Waals surface area contributed by atoms with Crippen LogP contribution in [-0.4, -0.2) is 18.5 Å². The molecule has 0 saturated heterocycles. The maximum atomic E-state index is 7.20. The Kier molecular flexibility index (Phi) is 1.81. The summed E-state index contributed by atoms with van der Waals surface area (Å²) in [5.74, 6) is 1.35. The lowest BCUT2D eigenvalue weighted by atomic mass is 10.2. The lowest BCUT2D eigenvalue weighted by Crippen LogP contribution is -2.40. The molecule has 1 aromatic rings. The van der Waals surface area contributed by atoms with Crippen molar-refractivity contribution in [1.82, 2.24) is 0 Å². The molecule has 3 N–H and O–H groups in total. The van der Waals surface area contributed by atoms with Crippen LogP contribution in [0.1, 0.15) is 0 Å². The van der Waals surface area contributed by atoms with Gasteiger partial charge in [0.1, 0.15) is 12.4 Å². The van der Waals surface area contributed by atoms with Crippen molar-refractivity contribution in [3.63, 3.8) is 0 Å². The molecule has 0 aromatic heterocycles. The summed E-state index contributed by atoms with van der Waals surface area (Å²) in [6, 6.07) is 7.34. The van der Waals surface area contributed by atoms with Crippen molar-refractivity contribution in [2.45, 2.75) is 6.10 Å². The zero-order valence-corrected chi connectivity index (χ0v) is 6.99. The van der Waals surface area contributed by atoms with Crippen molar-refractivity contribution in [3.05, 3.63) is 24.3 Å². The molecule has 13 heavy (non-hydrogen) atoms. The molecule has 0 saturated carbocycles. The van der Waals surface area contributed by atoms with E-state index in [4.69, 9.17) is 20.6 Å². The van der Waals surface area contributed by atoms with Gasteiger partial charge < -0.3 is 15.2 Å². The molecular formula is C9H10N2O2. The Morgan fingerprint density at radius 2 is 2.08 bits per heavy atom. The van der Waals surface area contributed by atoms with Crippen LogP contribution >= 0.6 is 0 Å². The highest BCUT2D eigenvalue weighted by molar-refractivity contribution is 5.82. The number of ether oxygens (including phenoxy) is 2. The first-order chi connectivity index (χ1) is 6.27. The quantitative estimate of drug-likeness (QED) is 0.492. The second-order valence-corrected chi connectivity index (χ2v) is 2.82. The molecule has 4 heteroatoms. The molecule has 1 aromatic carbocycles. The van der Waals surface area contributed by atoms with Crippen molar-refractivity contribution in [1.29, 1.82) is 5.41 Å². The molecule has 0 aliphatic carbocycles. The van der Waals surface area contributed by atoms with E-state index in [1.54, 1.807) is 6.07 Å². The minimum Gasteiger partial charge on any atom is -0.485 e. The van der Waals surface area contributed by atoms with Crippen molar-refractivity contribution in [2.24, 2.45) is 5.73 Å². The number of fused-ring (bicyclic) bond motifs is 1. The molecule has 1 aliphatic rings. The van der Waals surface area contributed by atoms with Gasteiger partial charge in [0.25, 0.3) is 0 Å². The maximum Gasteiger partial charge on any atom is 0.189 e. The molecule has 68 valence electrons. The summed E-state index contributed by atoms with van der Waals surface area (Å²) in [7, 11) is 0. The number of hydrogen-bond acceptors (Lipinski definition) is 3. The van der Waals surface area contributed by atoms with Crippen LogP contribution in [0.2, 0.25) is 0 Å². The van der Waals surface area contributed by atoms with E-state index in [2.05, 4.69) is 0 Å². The summed E-state index contributed by atoms with van der Waals surface area (Å²) < 4.78 is 10.8. The zero-order valence-electron chi connectivity index (χ0n) is 6.99. The lowest BCUT2D eigenvalue weighted by Gasteiger charge is -2.25. The fraction of sp³-hybridized carbons (Fsp3) is 0.222. The average Bonchev–Trinajstić information content (AvgIpc) is 2.17. The Bertz CT molecular complexity index is 338. The lowest BCUT2D eigenvalue weighted by molar-refractivity contribution is 0.133. The molecule has 0 bridgehead atoms. The fourth-order valence-corrected chi connectivity index (χ4v) is 1.17. The highest BCUT2D eigenvalue weighted by Crippen LogP contribution is 2.30. The van der Waals surface area contributed by atoms with E-state index in [1.165, 1.54) is 0 Å². The maximum absolute atomic E-state index is 7.20. The van der Waals surface area contributed by atoms with E-state index in [1.807, 2.05) is 18.2 Å². The second kappa shape index (κ2) is 2.97. The number of para-hydroxylation sites is 2. The molecule has 1 aliphatic heterocycles. The van der Waals surface area contributed by atoms with E-state index >= 15 is 0 Å². The predicted octanol–water partition coefficient (Wildman–Crippen LogP) is 0.762. The van der Waals surface area contributed by atoms with Gasteiger partial charge in [-0.2, -0.15) is 0 Å². The fourth-order valence-electron chi connectivity index (χ4n) is 1.17. The van der Waals surface area contributed by atoms with Gasteiger partial charge in [-0.05, 0) is 12.1 Å². The van der Waals surface area contributed by atoms with Crippen LogP contribution in [-0.2, 0) is 0 Å². The summed E-state index contributed by atoms with van der Waals surface area (Å²) in [6.45, 7) is 0.312.